The lowest BCUT2D eigenvalue weighted by molar-refractivity contribution is 0.316. The van der Waals surface area contributed by atoms with Crippen LogP contribution >= 0.6 is 0 Å². The highest BCUT2D eigenvalue weighted by molar-refractivity contribution is 7.92. The van der Waals surface area contributed by atoms with Crippen LogP contribution in [0.1, 0.15) is 6.42 Å². The Morgan fingerprint density at radius 3 is 2.17 bits per heavy atom. The summed E-state index contributed by atoms with van der Waals surface area (Å²) in [6.07, 6.45) is 4.62. The third-order valence-electron chi connectivity index (χ3n) is 3.25. The van der Waals surface area contributed by atoms with Gasteiger partial charge in [0, 0.05) is 8.07 Å². The molecular formula is C16H26O5S2Si. The summed E-state index contributed by atoms with van der Waals surface area (Å²) in [5.74, 6) is 0. The fourth-order valence-corrected chi connectivity index (χ4v) is 4.88. The average Bonchev–Trinajstić information content (AvgIpc) is 2.44. The highest BCUT2D eigenvalue weighted by Crippen LogP contribution is 2.21. The Morgan fingerprint density at radius 1 is 1.08 bits per heavy atom. The average molecular weight is 391 g/mol. The van der Waals surface area contributed by atoms with Crippen LogP contribution < -0.4 is 0 Å². The monoisotopic (exact) mass is 390 g/mol. The topological polar surface area (TPSA) is 77.5 Å². The first kappa shape index (κ1) is 21.1. The van der Waals surface area contributed by atoms with Gasteiger partial charge < -0.3 is 0 Å². The van der Waals surface area contributed by atoms with Gasteiger partial charge in [0.1, 0.15) is 0 Å². The summed E-state index contributed by atoms with van der Waals surface area (Å²) in [6.45, 7) is 6.44. The number of sulfone groups is 1. The lowest BCUT2D eigenvalue weighted by atomic mass is 10.3. The van der Waals surface area contributed by atoms with Crippen molar-refractivity contribution < 1.29 is 21.0 Å². The predicted molar refractivity (Wildman–Crippen MR) is 100 cm³/mol. The van der Waals surface area contributed by atoms with E-state index in [1.165, 1.54) is 0 Å². The zero-order valence-electron chi connectivity index (χ0n) is 14.6. The number of rotatable bonds is 9. The maximum Gasteiger partial charge on any atom is 0.264 e. The second-order valence-electron chi connectivity index (χ2n) is 6.90. The van der Waals surface area contributed by atoms with Crippen LogP contribution in [-0.4, -0.2) is 43.0 Å². The van der Waals surface area contributed by atoms with Gasteiger partial charge in [0.25, 0.3) is 10.1 Å². The van der Waals surface area contributed by atoms with Crippen molar-refractivity contribution in [2.75, 3.05) is 12.9 Å². The van der Waals surface area contributed by atoms with E-state index in [9.17, 15) is 16.8 Å². The Hall–Kier alpha value is -0.963. The van der Waals surface area contributed by atoms with E-state index in [1.54, 1.807) is 36.4 Å². The lowest BCUT2D eigenvalue weighted by Crippen LogP contribution is -2.23. The van der Waals surface area contributed by atoms with Crippen molar-refractivity contribution in [2.45, 2.75) is 42.3 Å². The standard InChI is InChI=1S/C16H26O5S2Si/c1-22(17,18)21-13-12-16(11-8-14-24(2,3)4)23(19,20)15-9-6-5-7-10-15/h5-11,16H,12-14H2,1-4H3/b11-8+. The van der Waals surface area contributed by atoms with Crippen LogP contribution in [0.3, 0.4) is 0 Å². The van der Waals surface area contributed by atoms with E-state index in [2.05, 4.69) is 19.6 Å². The predicted octanol–water partition coefficient (Wildman–Crippen LogP) is 3.09. The molecule has 5 nitrogen and oxygen atoms in total. The Labute approximate surface area is 146 Å². The SMILES string of the molecule is C[Si](C)(C)C/C=C/C(CCOS(C)(=O)=O)S(=O)(=O)c1ccccc1. The third-order valence-corrected chi connectivity index (χ3v) is 7.43. The number of allylic oxidation sites excluding steroid dienone is 1. The number of benzene rings is 1. The molecule has 1 atom stereocenters. The van der Waals surface area contributed by atoms with E-state index in [0.717, 1.165) is 12.3 Å². The van der Waals surface area contributed by atoms with E-state index in [1.807, 2.05) is 6.08 Å². The molecule has 0 amide bonds. The molecule has 1 unspecified atom stereocenters. The van der Waals surface area contributed by atoms with Crippen LogP contribution in [0.4, 0.5) is 0 Å². The molecule has 1 aromatic carbocycles. The van der Waals surface area contributed by atoms with Crippen LogP contribution in [0, 0.1) is 0 Å². The van der Waals surface area contributed by atoms with Gasteiger partial charge in [-0.15, -0.1) is 0 Å². The first-order chi connectivity index (χ1) is 10.9. The zero-order valence-corrected chi connectivity index (χ0v) is 17.2. The largest absolute Gasteiger partial charge is 0.270 e. The molecule has 0 aromatic heterocycles. The lowest BCUT2D eigenvalue weighted by Gasteiger charge is -2.16. The van der Waals surface area contributed by atoms with Gasteiger partial charge in [-0.2, -0.15) is 8.42 Å². The molecule has 1 aromatic rings. The fourth-order valence-electron chi connectivity index (χ4n) is 2.03. The Bertz CT molecular complexity index is 747. The first-order valence-corrected chi connectivity index (χ1v) is 14.8. The summed E-state index contributed by atoms with van der Waals surface area (Å²) in [5, 5.41) is -0.807. The van der Waals surface area contributed by atoms with E-state index < -0.39 is 33.3 Å². The normalized spacial score (nSPS) is 14.8. The van der Waals surface area contributed by atoms with Crippen molar-refractivity contribution in [1.29, 1.82) is 0 Å². The molecule has 0 radical (unpaired) electrons. The van der Waals surface area contributed by atoms with Crippen molar-refractivity contribution in [3.8, 4) is 0 Å². The molecule has 0 saturated carbocycles. The molecule has 0 spiro atoms. The van der Waals surface area contributed by atoms with Gasteiger partial charge in [-0.25, -0.2) is 8.42 Å². The van der Waals surface area contributed by atoms with E-state index in [-0.39, 0.29) is 17.9 Å². The smallest absolute Gasteiger partial charge is 0.264 e. The minimum absolute atomic E-state index is 0.0898. The maximum atomic E-state index is 12.8. The summed E-state index contributed by atoms with van der Waals surface area (Å²) in [6, 6.07) is 9.05. The summed E-state index contributed by atoms with van der Waals surface area (Å²) >= 11 is 0. The second-order valence-corrected chi connectivity index (χ2v) is 16.2. The van der Waals surface area contributed by atoms with Crippen molar-refractivity contribution in [3.05, 3.63) is 42.5 Å². The maximum absolute atomic E-state index is 12.8. The third kappa shape index (κ3) is 7.74. The van der Waals surface area contributed by atoms with Gasteiger partial charge >= 0.3 is 0 Å². The molecule has 24 heavy (non-hydrogen) atoms. The first-order valence-electron chi connectivity index (χ1n) is 7.72. The Kier molecular flexibility index (Phi) is 7.39. The van der Waals surface area contributed by atoms with Crippen LogP contribution in [0.25, 0.3) is 0 Å². The van der Waals surface area contributed by atoms with Crippen LogP contribution in [0.2, 0.25) is 25.7 Å². The minimum atomic E-state index is -3.59. The molecule has 0 aliphatic carbocycles. The van der Waals surface area contributed by atoms with E-state index in [0.29, 0.717) is 0 Å². The van der Waals surface area contributed by atoms with Crippen LogP contribution in [0.5, 0.6) is 0 Å². The van der Waals surface area contributed by atoms with Gasteiger partial charge in [-0.1, -0.05) is 50.0 Å². The summed E-state index contributed by atoms with van der Waals surface area (Å²) in [7, 11) is -8.50. The summed E-state index contributed by atoms with van der Waals surface area (Å²) in [4.78, 5) is 0.229. The molecule has 0 N–H and O–H groups in total. The number of hydrogen-bond acceptors (Lipinski definition) is 5. The molecule has 136 valence electrons. The van der Waals surface area contributed by atoms with Crippen LogP contribution in [-0.2, 0) is 24.1 Å². The molecule has 0 bridgehead atoms. The molecular weight excluding hydrogens is 364 g/mol. The van der Waals surface area contributed by atoms with Crippen molar-refractivity contribution in [3.63, 3.8) is 0 Å². The molecule has 0 saturated heterocycles. The molecule has 1 rings (SSSR count). The van der Waals surface area contributed by atoms with Crippen molar-refractivity contribution in [1.82, 2.24) is 0 Å². The van der Waals surface area contributed by atoms with Gasteiger partial charge in [0.2, 0.25) is 0 Å². The van der Waals surface area contributed by atoms with Gasteiger partial charge in [0.15, 0.2) is 9.84 Å². The Morgan fingerprint density at radius 2 is 1.67 bits per heavy atom. The van der Waals surface area contributed by atoms with Crippen molar-refractivity contribution >= 4 is 28.0 Å². The van der Waals surface area contributed by atoms with Crippen molar-refractivity contribution in [2.24, 2.45) is 0 Å². The molecule has 0 aliphatic heterocycles. The fraction of sp³-hybridized carbons (Fsp3) is 0.500. The zero-order chi connectivity index (χ0) is 18.4. The minimum Gasteiger partial charge on any atom is -0.270 e. The summed E-state index contributed by atoms with van der Waals surface area (Å²) in [5.41, 5.74) is 0. The molecule has 8 heteroatoms. The highest BCUT2D eigenvalue weighted by atomic mass is 32.2. The van der Waals surface area contributed by atoms with Gasteiger partial charge in [0.05, 0.1) is 23.0 Å². The molecule has 0 fully saturated rings. The number of hydrogen-bond donors (Lipinski definition) is 0. The van der Waals surface area contributed by atoms with E-state index >= 15 is 0 Å². The molecule has 0 heterocycles. The quantitative estimate of drug-likeness (QED) is 0.368. The second kappa shape index (κ2) is 8.42. The Balaban J connectivity index is 2.99. The van der Waals surface area contributed by atoms with Gasteiger partial charge in [-0.05, 0) is 24.6 Å². The highest BCUT2D eigenvalue weighted by Gasteiger charge is 2.25. The van der Waals surface area contributed by atoms with Gasteiger partial charge in [-0.3, -0.25) is 4.18 Å². The summed E-state index contributed by atoms with van der Waals surface area (Å²) < 4.78 is 52.5. The van der Waals surface area contributed by atoms with Crippen LogP contribution in [0.15, 0.2) is 47.4 Å². The van der Waals surface area contributed by atoms with E-state index in [4.69, 9.17) is 4.18 Å². The molecule has 0 aliphatic rings.